The van der Waals surface area contributed by atoms with Crippen molar-refractivity contribution in [1.29, 1.82) is 0 Å². The Bertz CT molecular complexity index is 1020. The molecule has 3 rings (SSSR count). The molecule has 1 saturated heterocycles. The Hall–Kier alpha value is -3.82. The van der Waals surface area contributed by atoms with E-state index in [2.05, 4.69) is 27.1 Å². The average Bonchev–Trinajstić information content (AvgIpc) is 3.67. The molecule has 2 aliphatic rings. The average molecular weight is 484 g/mol. The maximum absolute atomic E-state index is 12.8. The maximum atomic E-state index is 12.8. The Balaban J connectivity index is 1.54. The predicted molar refractivity (Wildman–Crippen MR) is 133 cm³/mol. The van der Waals surface area contributed by atoms with Gasteiger partial charge in [-0.1, -0.05) is 12.6 Å². The Morgan fingerprint density at radius 2 is 1.97 bits per heavy atom. The van der Waals surface area contributed by atoms with Crippen LogP contribution in [-0.2, 0) is 14.3 Å². The van der Waals surface area contributed by atoms with E-state index >= 15 is 0 Å². The van der Waals surface area contributed by atoms with Crippen LogP contribution in [0.4, 0.5) is 5.69 Å². The van der Waals surface area contributed by atoms with Gasteiger partial charge in [-0.2, -0.15) is 0 Å². The first-order chi connectivity index (χ1) is 16.9. The van der Waals surface area contributed by atoms with Gasteiger partial charge >= 0.3 is 5.97 Å². The SMILES string of the molecule is C=CN=C/C(=C\N)C(=O)NC1(C(=O)NCC2CCN(c3cccc(OC)c3C(=O)OC)CC2)CC1. The summed E-state index contributed by atoms with van der Waals surface area (Å²) in [5.41, 5.74) is 5.97. The molecular formula is C25H33N5O5. The van der Waals surface area contributed by atoms with Crippen LogP contribution in [0.3, 0.4) is 0 Å². The third-order valence-electron chi connectivity index (χ3n) is 6.42. The molecule has 2 amide bonds. The Morgan fingerprint density at radius 3 is 2.54 bits per heavy atom. The molecular weight excluding hydrogens is 450 g/mol. The maximum Gasteiger partial charge on any atom is 0.343 e. The number of nitrogens with two attached hydrogens (primary N) is 1. The summed E-state index contributed by atoms with van der Waals surface area (Å²) in [7, 11) is 2.88. The zero-order valence-corrected chi connectivity index (χ0v) is 20.2. The standard InChI is InChI=1S/C25H33N5O5/c1-4-27-16-18(14-26)22(31)29-25(10-11-25)24(33)28-15-17-8-12-30(13-9-17)19-6-5-7-20(34-2)21(19)23(32)35-3/h4-7,14,16-17H,1,8-13,15,26H2,2-3H3,(H,28,33)(H,29,31)/b18-14+,27-16?. The highest BCUT2D eigenvalue weighted by Crippen LogP contribution is 2.36. The number of nitrogens with zero attached hydrogens (tertiary/aromatic N) is 2. The summed E-state index contributed by atoms with van der Waals surface area (Å²) in [4.78, 5) is 43.6. The van der Waals surface area contributed by atoms with Crippen LogP contribution in [-0.4, -0.2) is 63.4 Å². The van der Waals surface area contributed by atoms with Gasteiger partial charge in [0.1, 0.15) is 16.9 Å². The molecule has 1 aromatic carbocycles. The topological polar surface area (TPSA) is 135 Å². The minimum Gasteiger partial charge on any atom is -0.496 e. The number of esters is 1. The summed E-state index contributed by atoms with van der Waals surface area (Å²) in [6.07, 6.45) is 6.59. The largest absolute Gasteiger partial charge is 0.496 e. The fourth-order valence-electron chi connectivity index (χ4n) is 4.18. The molecule has 1 heterocycles. The second-order valence-electron chi connectivity index (χ2n) is 8.61. The summed E-state index contributed by atoms with van der Waals surface area (Å²) in [5.74, 6) is -0.311. The van der Waals surface area contributed by atoms with Crippen LogP contribution in [0, 0.1) is 5.92 Å². The Morgan fingerprint density at radius 1 is 1.26 bits per heavy atom. The molecule has 2 fully saturated rings. The molecule has 1 saturated carbocycles. The van der Waals surface area contributed by atoms with Gasteiger partial charge in [-0.3, -0.25) is 14.6 Å². The van der Waals surface area contributed by atoms with Crippen molar-refractivity contribution < 1.29 is 23.9 Å². The first-order valence-electron chi connectivity index (χ1n) is 11.6. The predicted octanol–water partition coefficient (Wildman–Crippen LogP) is 1.52. The molecule has 0 spiro atoms. The Labute approximate surface area is 205 Å². The number of carbonyl (C=O) groups excluding carboxylic acids is 3. The lowest BCUT2D eigenvalue weighted by molar-refractivity contribution is -0.128. The molecule has 1 aliphatic heterocycles. The summed E-state index contributed by atoms with van der Waals surface area (Å²) in [5, 5.41) is 5.79. The van der Waals surface area contributed by atoms with Gasteiger partial charge in [0, 0.05) is 38.2 Å². The van der Waals surface area contributed by atoms with Crippen LogP contribution < -0.4 is 26.0 Å². The van der Waals surface area contributed by atoms with Crippen molar-refractivity contribution in [3.8, 4) is 5.75 Å². The molecule has 10 heteroatoms. The molecule has 0 atom stereocenters. The van der Waals surface area contributed by atoms with Crippen molar-refractivity contribution in [3.05, 3.63) is 48.3 Å². The smallest absolute Gasteiger partial charge is 0.343 e. The molecule has 0 bridgehead atoms. The molecule has 0 unspecified atom stereocenters. The lowest BCUT2D eigenvalue weighted by Gasteiger charge is -2.35. The van der Waals surface area contributed by atoms with Crippen LogP contribution >= 0.6 is 0 Å². The van der Waals surface area contributed by atoms with Gasteiger partial charge in [-0.15, -0.1) is 0 Å². The van der Waals surface area contributed by atoms with Crippen LogP contribution in [0.15, 0.2) is 47.7 Å². The summed E-state index contributed by atoms with van der Waals surface area (Å²) < 4.78 is 10.3. The van der Waals surface area contributed by atoms with E-state index in [0.717, 1.165) is 37.8 Å². The minimum atomic E-state index is -0.899. The van der Waals surface area contributed by atoms with Crippen LogP contribution in [0.5, 0.6) is 5.75 Å². The number of methoxy groups -OCH3 is 2. The van der Waals surface area contributed by atoms with Gasteiger partial charge < -0.3 is 30.7 Å². The van der Waals surface area contributed by atoms with Gasteiger partial charge in [-0.05, 0) is 43.7 Å². The van der Waals surface area contributed by atoms with Gasteiger partial charge in [0.25, 0.3) is 5.91 Å². The molecule has 10 nitrogen and oxygen atoms in total. The number of piperidine rings is 1. The first kappa shape index (κ1) is 25.8. The van der Waals surface area contributed by atoms with Crippen molar-refractivity contribution in [2.45, 2.75) is 31.2 Å². The third kappa shape index (κ3) is 6.00. The van der Waals surface area contributed by atoms with Gasteiger partial charge in [0.2, 0.25) is 5.91 Å². The highest BCUT2D eigenvalue weighted by Gasteiger charge is 2.51. The van der Waals surface area contributed by atoms with Gasteiger partial charge in [0.15, 0.2) is 0 Å². The number of hydrogen-bond acceptors (Lipinski definition) is 8. The second-order valence-corrected chi connectivity index (χ2v) is 8.61. The molecule has 0 aromatic heterocycles. The fraction of sp³-hybridized carbons (Fsp3) is 0.440. The number of hydrogen-bond donors (Lipinski definition) is 3. The number of ether oxygens (including phenoxy) is 2. The quantitative estimate of drug-likeness (QED) is 0.261. The van der Waals surface area contributed by atoms with Crippen molar-refractivity contribution in [3.63, 3.8) is 0 Å². The number of amides is 2. The lowest BCUT2D eigenvalue weighted by Crippen LogP contribution is -2.51. The van der Waals surface area contributed by atoms with E-state index in [1.807, 2.05) is 12.1 Å². The molecule has 0 radical (unpaired) electrons. The highest BCUT2D eigenvalue weighted by molar-refractivity contribution is 6.13. The number of nitrogens with one attached hydrogen (secondary N) is 2. The van der Waals surface area contributed by atoms with Crippen molar-refractivity contribution in [1.82, 2.24) is 10.6 Å². The van der Waals surface area contributed by atoms with E-state index in [1.54, 1.807) is 6.07 Å². The van der Waals surface area contributed by atoms with E-state index < -0.39 is 17.4 Å². The lowest BCUT2D eigenvalue weighted by atomic mass is 9.95. The molecule has 1 aliphatic carbocycles. The number of aliphatic imine (C=N–C) groups is 1. The van der Waals surface area contributed by atoms with E-state index in [1.165, 1.54) is 26.6 Å². The molecule has 188 valence electrons. The number of benzene rings is 1. The van der Waals surface area contributed by atoms with Crippen molar-refractivity contribution >= 4 is 29.7 Å². The van der Waals surface area contributed by atoms with Crippen molar-refractivity contribution in [2.24, 2.45) is 16.6 Å². The van der Waals surface area contributed by atoms with Gasteiger partial charge in [-0.25, -0.2) is 4.79 Å². The second kappa shape index (κ2) is 11.5. The molecule has 35 heavy (non-hydrogen) atoms. The monoisotopic (exact) mass is 483 g/mol. The van der Waals surface area contributed by atoms with E-state index in [9.17, 15) is 14.4 Å². The van der Waals surface area contributed by atoms with E-state index in [4.69, 9.17) is 15.2 Å². The molecule has 1 aromatic rings. The van der Waals surface area contributed by atoms with Gasteiger partial charge in [0.05, 0.1) is 25.5 Å². The fourth-order valence-corrected chi connectivity index (χ4v) is 4.18. The first-order valence-corrected chi connectivity index (χ1v) is 11.6. The summed E-state index contributed by atoms with van der Waals surface area (Å²) in [6, 6.07) is 5.48. The van der Waals surface area contributed by atoms with Crippen LogP contribution in [0.2, 0.25) is 0 Å². The highest BCUT2D eigenvalue weighted by atomic mass is 16.5. The number of anilines is 1. The van der Waals surface area contributed by atoms with E-state index in [-0.39, 0.29) is 17.4 Å². The third-order valence-corrected chi connectivity index (χ3v) is 6.42. The Kier molecular flexibility index (Phi) is 8.51. The zero-order chi connectivity index (χ0) is 25.4. The summed E-state index contributed by atoms with van der Waals surface area (Å²) >= 11 is 0. The molecule has 4 N–H and O–H groups in total. The number of rotatable bonds is 10. The van der Waals surface area contributed by atoms with Crippen molar-refractivity contribution in [2.75, 3.05) is 38.8 Å². The van der Waals surface area contributed by atoms with Crippen LogP contribution in [0.25, 0.3) is 0 Å². The summed E-state index contributed by atoms with van der Waals surface area (Å²) in [6.45, 7) is 5.44. The minimum absolute atomic E-state index is 0.167. The van der Waals surface area contributed by atoms with Crippen LogP contribution in [0.1, 0.15) is 36.0 Å². The number of carbonyl (C=O) groups is 3. The normalized spacial score (nSPS) is 17.5. The zero-order valence-electron chi connectivity index (χ0n) is 20.2. The van der Waals surface area contributed by atoms with E-state index in [0.29, 0.717) is 30.7 Å².